The lowest BCUT2D eigenvalue weighted by Gasteiger charge is -2.08. The average molecular weight is 296 g/mol. The largest absolute Gasteiger partial charge is 0.473 e. The molecule has 0 unspecified atom stereocenters. The molecule has 0 amide bonds. The Bertz CT molecular complexity index is 518. The van der Waals surface area contributed by atoms with Gasteiger partial charge in [-0.05, 0) is 35.7 Å². The van der Waals surface area contributed by atoms with Crippen molar-refractivity contribution >= 4 is 23.2 Å². The topological polar surface area (TPSA) is 22.1 Å². The van der Waals surface area contributed by atoms with Crippen LogP contribution in [0.3, 0.4) is 0 Å². The monoisotopic (exact) mass is 295 g/mol. The third kappa shape index (κ3) is 4.12. The zero-order chi connectivity index (χ0) is 13.7. The van der Waals surface area contributed by atoms with Gasteiger partial charge in [-0.3, -0.25) is 0 Å². The van der Waals surface area contributed by atoms with Gasteiger partial charge in [0.25, 0.3) is 0 Å². The summed E-state index contributed by atoms with van der Waals surface area (Å²) >= 11 is 11.7. The van der Waals surface area contributed by atoms with Crippen LogP contribution in [0.25, 0.3) is 0 Å². The molecular formula is C15H15Cl2NO. The summed E-state index contributed by atoms with van der Waals surface area (Å²) in [6, 6.07) is 11.5. The first-order chi connectivity index (χ1) is 9.21. The molecule has 2 aromatic rings. The smallest absolute Gasteiger partial charge is 0.214 e. The number of pyridine rings is 1. The number of aromatic nitrogens is 1. The van der Waals surface area contributed by atoms with Gasteiger partial charge in [-0.25, -0.2) is 4.98 Å². The molecule has 0 bridgehead atoms. The predicted octanol–water partition coefficient (Wildman–Crippen LogP) is 4.62. The van der Waals surface area contributed by atoms with E-state index in [4.69, 9.17) is 27.9 Å². The van der Waals surface area contributed by atoms with Crippen LogP contribution in [0.1, 0.15) is 23.7 Å². The van der Waals surface area contributed by atoms with Gasteiger partial charge in [-0.1, -0.05) is 30.7 Å². The third-order valence-electron chi connectivity index (χ3n) is 2.73. The van der Waals surface area contributed by atoms with Crippen LogP contribution >= 0.6 is 23.2 Å². The van der Waals surface area contributed by atoms with Crippen molar-refractivity contribution < 1.29 is 4.74 Å². The summed E-state index contributed by atoms with van der Waals surface area (Å²) in [4.78, 5) is 4.43. The highest BCUT2D eigenvalue weighted by atomic mass is 35.5. The number of nitrogens with zero attached hydrogens (tertiary/aromatic N) is 1. The summed E-state index contributed by atoms with van der Waals surface area (Å²) in [5.74, 6) is 1.08. The Morgan fingerprint density at radius 1 is 1.11 bits per heavy atom. The van der Waals surface area contributed by atoms with Crippen molar-refractivity contribution in [3.63, 3.8) is 0 Å². The summed E-state index contributed by atoms with van der Waals surface area (Å²) in [5, 5.41) is 0.722. The number of alkyl halides is 1. The molecule has 0 aliphatic carbocycles. The van der Waals surface area contributed by atoms with E-state index in [-0.39, 0.29) is 0 Å². The molecule has 0 radical (unpaired) electrons. The third-order valence-corrected chi connectivity index (χ3v) is 3.29. The van der Waals surface area contributed by atoms with Crippen molar-refractivity contribution in [2.24, 2.45) is 0 Å². The Hall–Kier alpha value is -1.25. The van der Waals surface area contributed by atoms with Crippen LogP contribution in [0, 0.1) is 0 Å². The van der Waals surface area contributed by atoms with Crippen LogP contribution in [0.15, 0.2) is 36.4 Å². The van der Waals surface area contributed by atoms with Gasteiger partial charge in [0.1, 0.15) is 6.61 Å². The first-order valence-corrected chi connectivity index (χ1v) is 7.05. The summed E-state index contributed by atoms with van der Waals surface area (Å²) in [5.41, 5.74) is 3.07. The van der Waals surface area contributed by atoms with Crippen molar-refractivity contribution in [1.29, 1.82) is 0 Å². The quantitative estimate of drug-likeness (QED) is 0.751. The highest BCUT2D eigenvalue weighted by molar-refractivity contribution is 6.30. The first kappa shape index (κ1) is 14.2. The number of aryl methyl sites for hydroxylation is 1. The standard InChI is InChI=1S/C15H15Cl2NO/c1-2-14-7-12(9-16)8-15(18-14)19-10-11-3-5-13(17)6-4-11/h3-8H,2,9-10H2,1H3. The normalized spacial score (nSPS) is 10.5. The van der Waals surface area contributed by atoms with Crippen molar-refractivity contribution in [2.75, 3.05) is 0 Å². The summed E-state index contributed by atoms with van der Waals surface area (Å²) < 4.78 is 5.70. The highest BCUT2D eigenvalue weighted by Crippen LogP contribution is 2.17. The Labute approximate surface area is 123 Å². The molecule has 2 nitrogen and oxygen atoms in total. The lowest BCUT2D eigenvalue weighted by molar-refractivity contribution is 0.293. The van der Waals surface area contributed by atoms with Crippen molar-refractivity contribution in [1.82, 2.24) is 4.98 Å². The molecule has 0 saturated heterocycles. The van der Waals surface area contributed by atoms with E-state index in [1.807, 2.05) is 36.4 Å². The van der Waals surface area contributed by atoms with E-state index >= 15 is 0 Å². The van der Waals surface area contributed by atoms with Crippen LogP contribution in [-0.2, 0) is 18.9 Å². The molecule has 1 aromatic heterocycles. The fourth-order valence-corrected chi connectivity index (χ4v) is 1.97. The van der Waals surface area contributed by atoms with E-state index in [0.29, 0.717) is 18.4 Å². The lowest BCUT2D eigenvalue weighted by atomic mass is 10.2. The van der Waals surface area contributed by atoms with Crippen molar-refractivity contribution in [3.8, 4) is 5.88 Å². The van der Waals surface area contributed by atoms with Gasteiger partial charge in [0.2, 0.25) is 5.88 Å². The van der Waals surface area contributed by atoms with E-state index in [1.165, 1.54) is 0 Å². The molecule has 0 aliphatic heterocycles. The molecule has 0 N–H and O–H groups in total. The predicted molar refractivity (Wildman–Crippen MR) is 79.0 cm³/mol. The second-order valence-electron chi connectivity index (χ2n) is 4.21. The van der Waals surface area contributed by atoms with Gasteiger partial charge in [-0.2, -0.15) is 0 Å². The van der Waals surface area contributed by atoms with Crippen molar-refractivity contribution in [3.05, 3.63) is 58.2 Å². The van der Waals surface area contributed by atoms with E-state index in [9.17, 15) is 0 Å². The minimum atomic E-state index is 0.465. The van der Waals surface area contributed by atoms with Gasteiger partial charge < -0.3 is 4.74 Å². The highest BCUT2D eigenvalue weighted by Gasteiger charge is 2.03. The molecule has 0 aliphatic rings. The maximum Gasteiger partial charge on any atom is 0.214 e. The number of rotatable bonds is 5. The molecule has 1 heterocycles. The Balaban J connectivity index is 2.08. The molecule has 0 fully saturated rings. The minimum absolute atomic E-state index is 0.465. The van der Waals surface area contributed by atoms with E-state index < -0.39 is 0 Å². The molecule has 1 aromatic carbocycles. The zero-order valence-corrected chi connectivity index (χ0v) is 12.2. The summed E-state index contributed by atoms with van der Waals surface area (Å²) in [7, 11) is 0. The van der Waals surface area contributed by atoms with Crippen LogP contribution in [0.2, 0.25) is 5.02 Å². The van der Waals surface area contributed by atoms with E-state index in [2.05, 4.69) is 11.9 Å². The van der Waals surface area contributed by atoms with Gasteiger partial charge in [-0.15, -0.1) is 11.6 Å². The van der Waals surface area contributed by atoms with Gasteiger partial charge in [0, 0.05) is 22.7 Å². The Morgan fingerprint density at radius 2 is 1.84 bits per heavy atom. The fourth-order valence-electron chi connectivity index (χ4n) is 1.69. The molecule has 100 valence electrons. The molecule has 0 atom stereocenters. The van der Waals surface area contributed by atoms with Gasteiger partial charge >= 0.3 is 0 Å². The van der Waals surface area contributed by atoms with Crippen LogP contribution < -0.4 is 4.74 Å². The second-order valence-corrected chi connectivity index (χ2v) is 4.91. The van der Waals surface area contributed by atoms with E-state index in [1.54, 1.807) is 0 Å². The Kier molecular flexibility index (Phi) is 5.06. The van der Waals surface area contributed by atoms with Gasteiger partial charge in [0.15, 0.2) is 0 Å². The number of benzene rings is 1. The summed E-state index contributed by atoms with van der Waals surface area (Å²) in [6.07, 6.45) is 0.863. The molecule has 2 rings (SSSR count). The zero-order valence-electron chi connectivity index (χ0n) is 10.7. The summed E-state index contributed by atoms with van der Waals surface area (Å²) in [6.45, 7) is 2.53. The first-order valence-electron chi connectivity index (χ1n) is 6.14. The van der Waals surface area contributed by atoms with Crippen LogP contribution in [0.4, 0.5) is 0 Å². The molecule has 4 heteroatoms. The van der Waals surface area contributed by atoms with Gasteiger partial charge in [0.05, 0.1) is 0 Å². The lowest BCUT2D eigenvalue weighted by Crippen LogP contribution is -2.00. The molecule has 19 heavy (non-hydrogen) atoms. The fraction of sp³-hybridized carbons (Fsp3) is 0.267. The van der Waals surface area contributed by atoms with E-state index in [0.717, 1.165) is 28.3 Å². The average Bonchev–Trinajstić information content (AvgIpc) is 2.46. The maximum atomic E-state index is 5.86. The van der Waals surface area contributed by atoms with Crippen LogP contribution in [0.5, 0.6) is 5.88 Å². The molecular weight excluding hydrogens is 281 g/mol. The number of hydrogen-bond acceptors (Lipinski definition) is 2. The molecule has 0 spiro atoms. The maximum absolute atomic E-state index is 5.86. The number of ether oxygens (including phenoxy) is 1. The number of hydrogen-bond donors (Lipinski definition) is 0. The van der Waals surface area contributed by atoms with Crippen molar-refractivity contribution in [2.45, 2.75) is 25.8 Å². The SMILES string of the molecule is CCc1cc(CCl)cc(OCc2ccc(Cl)cc2)n1. The minimum Gasteiger partial charge on any atom is -0.473 e. The Morgan fingerprint density at radius 3 is 2.47 bits per heavy atom. The second kappa shape index (κ2) is 6.78. The molecule has 0 saturated carbocycles. The van der Waals surface area contributed by atoms with Crippen LogP contribution in [-0.4, -0.2) is 4.98 Å². The number of halogens is 2.